The second-order valence-corrected chi connectivity index (χ2v) is 1.34. The van der Waals surface area contributed by atoms with Crippen molar-refractivity contribution in [2.45, 2.75) is 0 Å². The largest absolute Gasteiger partial charge is 4.00 e. The quantitative estimate of drug-likeness (QED) is 0.260. The van der Waals surface area contributed by atoms with E-state index in [1.54, 1.807) is 0 Å². The summed E-state index contributed by atoms with van der Waals surface area (Å²) < 4.78 is 8.55. The third kappa shape index (κ3) is 92.2. The molecule has 0 aromatic carbocycles. The molecule has 0 aliphatic carbocycles. The van der Waals surface area contributed by atoms with Crippen LogP contribution >= 0.6 is 7.82 Å². The molecule has 0 unspecified atom stereocenters. The van der Waals surface area contributed by atoms with Crippen LogP contribution in [-0.4, -0.2) is 0 Å². The van der Waals surface area contributed by atoms with Gasteiger partial charge in [0.25, 0.3) is 0 Å². The Morgan fingerprint density at radius 2 is 0.889 bits per heavy atom. The Morgan fingerprint density at radius 1 is 0.889 bits per heavy atom. The van der Waals surface area contributed by atoms with Crippen molar-refractivity contribution >= 4 is 7.82 Å². The fraction of sp³-hybridized carbons (Fsp3) is 0. The van der Waals surface area contributed by atoms with Crippen LogP contribution in [0.15, 0.2) is 0 Å². The Labute approximate surface area is 118 Å². The Bertz CT molecular complexity index is 61.9. The molecular formula is Ag3O4PZr+4. The molecule has 0 aromatic heterocycles. The maximum atomic E-state index is 8.55. The van der Waals surface area contributed by atoms with E-state index in [4.69, 9.17) is 19.2 Å². The van der Waals surface area contributed by atoms with Crippen LogP contribution in [0.1, 0.15) is 0 Å². The van der Waals surface area contributed by atoms with E-state index < -0.39 is 7.82 Å². The molecule has 0 N–H and O–H groups in total. The third-order valence-corrected chi connectivity index (χ3v) is 0. The zero-order valence-electron chi connectivity index (χ0n) is 3.48. The van der Waals surface area contributed by atoms with Crippen molar-refractivity contribution in [3.8, 4) is 0 Å². The van der Waals surface area contributed by atoms with E-state index in [1.807, 2.05) is 0 Å². The molecule has 0 rings (SSSR count). The second kappa shape index (κ2) is 13.8. The van der Waals surface area contributed by atoms with Crippen LogP contribution in [0, 0.1) is 0 Å². The zero-order valence-corrected chi connectivity index (χ0v) is 11.3. The van der Waals surface area contributed by atoms with Crippen molar-refractivity contribution in [2.24, 2.45) is 0 Å². The first kappa shape index (κ1) is 29.5. The van der Waals surface area contributed by atoms with Crippen LogP contribution < -0.4 is 14.7 Å². The van der Waals surface area contributed by atoms with Gasteiger partial charge >= 0.3 is 93.3 Å². The Kier molecular flexibility index (Phi) is 45.2. The monoisotopic (exact) mass is 506 g/mol. The molecule has 0 spiro atoms. The van der Waals surface area contributed by atoms with Gasteiger partial charge in [-0.2, -0.15) is 7.82 Å². The summed E-state index contributed by atoms with van der Waals surface area (Å²) in [6.07, 6.45) is 0. The van der Waals surface area contributed by atoms with E-state index >= 15 is 0 Å². The van der Waals surface area contributed by atoms with Crippen LogP contribution in [0.4, 0.5) is 0 Å². The number of phosphoric acid groups is 1. The molecule has 4 nitrogen and oxygen atoms in total. The molecule has 0 aliphatic heterocycles. The summed E-state index contributed by atoms with van der Waals surface area (Å²) in [4.78, 5) is 25.6. The van der Waals surface area contributed by atoms with Crippen LogP contribution in [0.3, 0.4) is 0 Å². The molecule has 0 radical (unpaired) electrons. The van der Waals surface area contributed by atoms with Gasteiger partial charge in [-0.3, -0.25) is 0 Å². The van der Waals surface area contributed by atoms with Gasteiger partial charge in [-0.25, -0.2) is 0 Å². The van der Waals surface area contributed by atoms with Gasteiger partial charge in [-0.15, -0.1) is 0 Å². The Hall–Kier alpha value is 3.21. The summed E-state index contributed by atoms with van der Waals surface area (Å²) in [6, 6.07) is 0. The molecule has 0 aromatic rings. The van der Waals surface area contributed by atoms with Gasteiger partial charge in [0.2, 0.25) is 0 Å². The number of rotatable bonds is 0. The maximum absolute atomic E-state index is 8.55. The Morgan fingerprint density at radius 3 is 0.889 bits per heavy atom. The molecule has 0 heterocycles. The minimum Gasteiger partial charge on any atom is -0.822 e. The van der Waals surface area contributed by atoms with Gasteiger partial charge < -0.3 is 19.2 Å². The molecule has 0 saturated heterocycles. The summed E-state index contributed by atoms with van der Waals surface area (Å²) in [7, 11) is -5.39. The second-order valence-electron chi connectivity index (χ2n) is 0.447. The predicted octanol–water partition coefficient (Wildman–Crippen LogP) is -2.83. The Balaban J connectivity index is -0.0000000133. The summed E-state index contributed by atoms with van der Waals surface area (Å²) in [6.45, 7) is 0. The molecule has 0 saturated carbocycles. The first-order valence-electron chi connectivity index (χ1n) is 0.730. The molecule has 0 atom stereocenters. The molecule has 0 amide bonds. The maximum Gasteiger partial charge on any atom is 4.00 e. The van der Waals surface area contributed by atoms with Crippen molar-refractivity contribution in [1.82, 2.24) is 0 Å². The van der Waals surface area contributed by atoms with Gasteiger partial charge in [0.05, 0.1) is 0 Å². The molecule has 0 aliphatic rings. The van der Waals surface area contributed by atoms with Crippen LogP contribution in [0.25, 0.3) is 0 Å². The number of hydrogen-bond donors (Lipinski definition) is 0. The van der Waals surface area contributed by atoms with Crippen molar-refractivity contribution < 1.29 is 113 Å². The summed E-state index contributed by atoms with van der Waals surface area (Å²) in [5.41, 5.74) is 0. The molecule has 0 fully saturated rings. The van der Waals surface area contributed by atoms with Crippen LogP contribution in [-0.2, 0) is 97.9 Å². The van der Waals surface area contributed by atoms with E-state index in [2.05, 4.69) is 0 Å². The van der Waals surface area contributed by atoms with E-state index in [0.717, 1.165) is 0 Å². The fourth-order valence-electron chi connectivity index (χ4n) is 0. The first-order valence-corrected chi connectivity index (χ1v) is 2.19. The summed E-state index contributed by atoms with van der Waals surface area (Å²) in [5.74, 6) is 0. The van der Waals surface area contributed by atoms with E-state index in [-0.39, 0.29) is 93.3 Å². The van der Waals surface area contributed by atoms with E-state index in [1.165, 1.54) is 0 Å². The smallest absolute Gasteiger partial charge is 0.822 e. The minimum absolute atomic E-state index is 0. The standard InChI is InChI=1S/3Ag.H3O4P.Zr/c;;;1-5(2,3)4;/h;;;(H3,1,2,3,4);/q3*+1;;+4/p-3. The number of hydrogen-bond acceptors (Lipinski definition) is 4. The topological polar surface area (TPSA) is 86.2 Å². The molecule has 9 heteroatoms. The predicted molar refractivity (Wildman–Crippen MR) is 7.61 cm³/mol. The average molecular weight is 510 g/mol. The summed E-state index contributed by atoms with van der Waals surface area (Å²) in [5, 5.41) is 0. The van der Waals surface area contributed by atoms with Crippen molar-refractivity contribution in [3.05, 3.63) is 0 Å². The average Bonchev–Trinajstić information content (AvgIpc) is 0.722. The van der Waals surface area contributed by atoms with Crippen LogP contribution in [0.5, 0.6) is 0 Å². The van der Waals surface area contributed by atoms with Crippen LogP contribution in [0.2, 0.25) is 0 Å². The van der Waals surface area contributed by atoms with Crippen molar-refractivity contribution in [3.63, 3.8) is 0 Å². The van der Waals surface area contributed by atoms with E-state index in [9.17, 15) is 0 Å². The molecule has 0 bridgehead atoms. The summed E-state index contributed by atoms with van der Waals surface area (Å²) >= 11 is 0. The van der Waals surface area contributed by atoms with Gasteiger partial charge in [0, 0.05) is 0 Å². The molecular weight excluding hydrogens is 510 g/mol. The molecule has 62 valence electrons. The first-order chi connectivity index (χ1) is 2.00. The van der Waals surface area contributed by atoms with Gasteiger partial charge in [0.1, 0.15) is 0 Å². The minimum atomic E-state index is -5.39. The van der Waals surface area contributed by atoms with Gasteiger partial charge in [-0.05, 0) is 0 Å². The van der Waals surface area contributed by atoms with E-state index in [0.29, 0.717) is 0 Å². The van der Waals surface area contributed by atoms with Crippen molar-refractivity contribution in [1.29, 1.82) is 0 Å². The van der Waals surface area contributed by atoms with Gasteiger partial charge in [0.15, 0.2) is 0 Å². The van der Waals surface area contributed by atoms with Crippen molar-refractivity contribution in [2.75, 3.05) is 0 Å². The third-order valence-electron chi connectivity index (χ3n) is 0. The molecule has 9 heavy (non-hydrogen) atoms. The fourth-order valence-corrected chi connectivity index (χ4v) is 0. The zero-order chi connectivity index (χ0) is 4.50. The van der Waals surface area contributed by atoms with Gasteiger partial charge in [-0.1, -0.05) is 0 Å². The normalized spacial score (nSPS) is 6.56. The SMILES string of the molecule is O=P([O-])([O-])[O-].[Ag+].[Ag+].[Ag+].[Zr+4].